The first-order chi connectivity index (χ1) is 12.1. The summed E-state index contributed by atoms with van der Waals surface area (Å²) in [7, 11) is 0. The van der Waals surface area contributed by atoms with E-state index in [9.17, 15) is 4.79 Å². The molecule has 1 saturated heterocycles. The number of benzene rings is 1. The number of hydrogen-bond donors (Lipinski definition) is 3. The van der Waals surface area contributed by atoms with Gasteiger partial charge in [0.1, 0.15) is 5.69 Å². The van der Waals surface area contributed by atoms with E-state index in [2.05, 4.69) is 53.5 Å². The maximum absolute atomic E-state index is 12.4. The molecule has 1 aromatic heterocycles. The second-order valence-corrected chi connectivity index (χ2v) is 8.77. The summed E-state index contributed by atoms with van der Waals surface area (Å²) in [5.74, 6) is 0.413. The van der Waals surface area contributed by atoms with E-state index in [1.165, 1.54) is 0 Å². The van der Waals surface area contributed by atoms with Crippen LogP contribution in [0.15, 0.2) is 29.1 Å². The van der Waals surface area contributed by atoms with Crippen LogP contribution in [0, 0.1) is 0 Å². The van der Waals surface area contributed by atoms with Gasteiger partial charge in [0, 0.05) is 28.6 Å². The maximum Gasteiger partial charge on any atom is 0.274 e. The fourth-order valence-electron chi connectivity index (χ4n) is 3.98. The minimum Gasteiger partial charge on any atom is -0.352 e. The number of H-pyrrole nitrogens is 1. The van der Waals surface area contributed by atoms with Crippen LogP contribution in [0.3, 0.4) is 0 Å². The van der Waals surface area contributed by atoms with Crippen LogP contribution >= 0.6 is 11.6 Å². The van der Waals surface area contributed by atoms with E-state index in [0.29, 0.717) is 23.1 Å². The number of halogens is 1. The van der Waals surface area contributed by atoms with Gasteiger partial charge in [0.05, 0.1) is 0 Å². The first-order valence-electron chi connectivity index (χ1n) is 8.89. The molecule has 0 amide bonds. The van der Waals surface area contributed by atoms with Crippen molar-refractivity contribution in [3.05, 3.63) is 50.9 Å². The van der Waals surface area contributed by atoms with Gasteiger partial charge in [0.15, 0.2) is 0 Å². The molecule has 6 nitrogen and oxygen atoms in total. The van der Waals surface area contributed by atoms with Crippen LogP contribution in [0.1, 0.15) is 51.8 Å². The van der Waals surface area contributed by atoms with Gasteiger partial charge in [-0.05, 0) is 52.2 Å². The molecule has 26 heavy (non-hydrogen) atoms. The smallest absolute Gasteiger partial charge is 0.274 e. The molecule has 1 fully saturated rings. The molecule has 0 atom stereocenters. The molecule has 2 heterocycles. The SMILES string of the molecule is CC1(C)CC(Nc2nnc(Cc3ccccc3Cl)c(=O)[nH]2)CC(C)(C)N1. The van der Waals surface area contributed by atoms with E-state index >= 15 is 0 Å². The van der Waals surface area contributed by atoms with Crippen LogP contribution in [-0.2, 0) is 6.42 Å². The van der Waals surface area contributed by atoms with E-state index in [4.69, 9.17) is 11.6 Å². The molecule has 1 aliphatic rings. The summed E-state index contributed by atoms with van der Waals surface area (Å²) in [5.41, 5.74) is 0.995. The van der Waals surface area contributed by atoms with E-state index in [-0.39, 0.29) is 22.7 Å². The fraction of sp³-hybridized carbons (Fsp3) is 0.526. The number of rotatable bonds is 4. The molecule has 0 bridgehead atoms. The van der Waals surface area contributed by atoms with E-state index in [1.54, 1.807) is 6.07 Å². The van der Waals surface area contributed by atoms with Crippen molar-refractivity contribution in [1.82, 2.24) is 20.5 Å². The standard InChI is InChI=1S/C19H26ClN5O/c1-18(2)10-13(11-19(3,4)25-18)21-17-22-16(26)15(23-24-17)9-12-7-5-6-8-14(12)20/h5-8,13,25H,9-11H2,1-4H3,(H2,21,22,24,26). The molecule has 3 N–H and O–H groups in total. The highest BCUT2D eigenvalue weighted by Crippen LogP contribution is 2.29. The first kappa shape index (κ1) is 18.9. The summed E-state index contributed by atoms with van der Waals surface area (Å²) in [6.07, 6.45) is 2.22. The van der Waals surface area contributed by atoms with Crippen molar-refractivity contribution in [3.63, 3.8) is 0 Å². The van der Waals surface area contributed by atoms with E-state index < -0.39 is 0 Å². The number of anilines is 1. The second-order valence-electron chi connectivity index (χ2n) is 8.36. The lowest BCUT2D eigenvalue weighted by molar-refractivity contribution is 0.170. The predicted molar refractivity (Wildman–Crippen MR) is 105 cm³/mol. The Morgan fingerprint density at radius 2 is 1.81 bits per heavy atom. The molecule has 0 aliphatic carbocycles. The number of hydrogen-bond acceptors (Lipinski definition) is 5. The Morgan fingerprint density at radius 3 is 2.42 bits per heavy atom. The van der Waals surface area contributed by atoms with Crippen LogP contribution in [0.5, 0.6) is 0 Å². The molecule has 0 radical (unpaired) electrons. The number of nitrogens with one attached hydrogen (secondary N) is 3. The third kappa shape index (κ3) is 4.62. The van der Waals surface area contributed by atoms with E-state index in [1.807, 2.05) is 18.2 Å². The summed E-state index contributed by atoms with van der Waals surface area (Å²) >= 11 is 6.16. The predicted octanol–water partition coefficient (Wildman–Crippen LogP) is 3.13. The molecule has 1 aliphatic heterocycles. The first-order valence-corrected chi connectivity index (χ1v) is 9.27. The molecule has 0 unspecified atom stereocenters. The normalized spacial score (nSPS) is 19.3. The minimum absolute atomic E-state index is 0.0111. The molecule has 0 spiro atoms. The van der Waals surface area contributed by atoms with Gasteiger partial charge in [0.25, 0.3) is 5.56 Å². The highest BCUT2D eigenvalue weighted by molar-refractivity contribution is 6.31. The molecular weight excluding hydrogens is 350 g/mol. The zero-order valence-corrected chi connectivity index (χ0v) is 16.4. The van der Waals surface area contributed by atoms with Crippen LogP contribution in [0.25, 0.3) is 0 Å². The van der Waals surface area contributed by atoms with Crippen molar-refractivity contribution in [1.29, 1.82) is 0 Å². The summed E-state index contributed by atoms with van der Waals surface area (Å²) in [6, 6.07) is 7.64. The van der Waals surface area contributed by atoms with E-state index in [0.717, 1.165) is 18.4 Å². The van der Waals surface area contributed by atoms with Gasteiger partial charge in [-0.15, -0.1) is 10.2 Å². The monoisotopic (exact) mass is 375 g/mol. The molecule has 140 valence electrons. The highest BCUT2D eigenvalue weighted by Gasteiger charge is 2.37. The van der Waals surface area contributed by atoms with Crippen LogP contribution in [-0.4, -0.2) is 32.3 Å². The zero-order valence-electron chi connectivity index (χ0n) is 15.7. The third-order valence-corrected chi connectivity index (χ3v) is 4.98. The number of piperidine rings is 1. The number of aromatic amines is 1. The van der Waals surface area contributed by atoms with Crippen molar-refractivity contribution in [2.75, 3.05) is 5.32 Å². The highest BCUT2D eigenvalue weighted by atomic mass is 35.5. The van der Waals surface area contributed by atoms with Crippen molar-refractivity contribution < 1.29 is 0 Å². The molecule has 0 saturated carbocycles. The lowest BCUT2D eigenvalue weighted by atomic mass is 9.80. The Hall–Kier alpha value is -1.92. The largest absolute Gasteiger partial charge is 0.352 e. The minimum atomic E-state index is -0.241. The Kier molecular flexibility index (Phi) is 5.08. The molecule has 3 rings (SSSR count). The summed E-state index contributed by atoms with van der Waals surface area (Å²) in [4.78, 5) is 15.2. The van der Waals surface area contributed by atoms with Gasteiger partial charge in [-0.3, -0.25) is 9.78 Å². The van der Waals surface area contributed by atoms with Crippen LogP contribution < -0.4 is 16.2 Å². The Balaban J connectivity index is 1.74. The van der Waals surface area contributed by atoms with Gasteiger partial charge < -0.3 is 10.6 Å². The Bertz CT molecular complexity index is 830. The van der Waals surface area contributed by atoms with Gasteiger partial charge in [0.2, 0.25) is 5.95 Å². The lowest BCUT2D eigenvalue weighted by Gasteiger charge is -2.46. The molecule has 7 heteroatoms. The van der Waals surface area contributed by atoms with Gasteiger partial charge in [-0.25, -0.2) is 0 Å². The van der Waals surface area contributed by atoms with Crippen LogP contribution in [0.2, 0.25) is 5.02 Å². The van der Waals surface area contributed by atoms with Crippen molar-refractivity contribution in [3.8, 4) is 0 Å². The lowest BCUT2D eigenvalue weighted by Crippen LogP contribution is -2.60. The molecule has 1 aromatic carbocycles. The quantitative estimate of drug-likeness (QED) is 0.764. The van der Waals surface area contributed by atoms with Crippen molar-refractivity contribution in [2.45, 2.75) is 64.1 Å². The summed E-state index contributed by atoms with van der Waals surface area (Å²) in [5, 5.41) is 15.9. The average Bonchev–Trinajstić information content (AvgIpc) is 2.49. The van der Waals surface area contributed by atoms with Gasteiger partial charge in [-0.2, -0.15) is 0 Å². The van der Waals surface area contributed by atoms with Crippen LogP contribution in [0.4, 0.5) is 5.95 Å². The summed E-state index contributed by atoms with van der Waals surface area (Å²) in [6.45, 7) is 8.74. The van der Waals surface area contributed by atoms with Crippen molar-refractivity contribution in [2.24, 2.45) is 0 Å². The fourth-order valence-corrected chi connectivity index (χ4v) is 4.18. The Labute approximate surface area is 158 Å². The summed E-state index contributed by atoms with van der Waals surface area (Å²) < 4.78 is 0. The molecular formula is C19H26ClN5O. The Morgan fingerprint density at radius 1 is 1.15 bits per heavy atom. The maximum atomic E-state index is 12.4. The zero-order chi connectivity index (χ0) is 18.9. The van der Waals surface area contributed by atoms with Gasteiger partial charge >= 0.3 is 0 Å². The topological polar surface area (TPSA) is 82.7 Å². The van der Waals surface area contributed by atoms with Gasteiger partial charge in [-0.1, -0.05) is 29.8 Å². The third-order valence-electron chi connectivity index (χ3n) is 4.61. The number of aromatic nitrogens is 3. The molecule has 2 aromatic rings. The number of nitrogens with zero attached hydrogens (tertiary/aromatic N) is 2. The average molecular weight is 376 g/mol. The van der Waals surface area contributed by atoms with Crippen molar-refractivity contribution >= 4 is 17.5 Å². The second kappa shape index (κ2) is 7.00.